The van der Waals surface area contributed by atoms with E-state index in [-0.39, 0.29) is 0 Å². The molecule has 0 amide bonds. The van der Waals surface area contributed by atoms with Gasteiger partial charge in [-0.2, -0.15) is 0 Å². The lowest BCUT2D eigenvalue weighted by molar-refractivity contribution is 1.23. The zero-order valence-corrected chi connectivity index (χ0v) is 16.2. The summed E-state index contributed by atoms with van der Waals surface area (Å²) in [6.07, 6.45) is 1.84. The first kappa shape index (κ1) is 16.8. The van der Waals surface area contributed by atoms with Crippen molar-refractivity contribution < 1.29 is 0 Å². The number of pyridine rings is 1. The van der Waals surface area contributed by atoms with E-state index in [1.54, 1.807) is 0 Å². The van der Waals surface area contributed by atoms with Crippen LogP contribution in [0.4, 0.5) is 0 Å². The number of benzene rings is 4. The molecule has 6 aromatic rings. The Kier molecular flexibility index (Phi) is 3.78. The van der Waals surface area contributed by atoms with Crippen molar-refractivity contribution in [1.82, 2.24) is 15.0 Å². The van der Waals surface area contributed by atoms with Crippen LogP contribution >= 0.6 is 0 Å². The molecule has 0 fully saturated rings. The molecule has 6 rings (SSSR count). The average molecular weight is 383 g/mol. The van der Waals surface area contributed by atoms with Gasteiger partial charge in [-0.15, -0.1) is 0 Å². The Morgan fingerprint density at radius 1 is 0.533 bits per heavy atom. The molecule has 0 bridgehead atoms. The highest BCUT2D eigenvalue weighted by atomic mass is 14.9. The molecule has 0 aliphatic carbocycles. The van der Waals surface area contributed by atoms with E-state index in [1.165, 1.54) is 0 Å². The number of para-hydroxylation sites is 1. The maximum atomic E-state index is 5.04. The summed E-state index contributed by atoms with van der Waals surface area (Å²) in [6, 6.07) is 33.1. The number of rotatable bonds is 2. The fourth-order valence-electron chi connectivity index (χ4n) is 4.11. The lowest BCUT2D eigenvalue weighted by Crippen LogP contribution is -1.96. The van der Waals surface area contributed by atoms with E-state index in [2.05, 4.69) is 65.6 Å². The maximum Gasteiger partial charge on any atom is 0.161 e. The molecule has 2 heterocycles. The van der Waals surface area contributed by atoms with E-state index in [9.17, 15) is 0 Å². The fourth-order valence-corrected chi connectivity index (χ4v) is 4.11. The maximum absolute atomic E-state index is 5.04. The second-order valence-electron chi connectivity index (χ2n) is 7.32. The van der Waals surface area contributed by atoms with Gasteiger partial charge in [0.1, 0.15) is 0 Å². The number of nitrogens with zero attached hydrogens (tertiary/aromatic N) is 3. The van der Waals surface area contributed by atoms with Gasteiger partial charge in [-0.25, -0.2) is 9.97 Å². The van der Waals surface area contributed by atoms with Crippen molar-refractivity contribution in [2.24, 2.45) is 0 Å². The summed E-state index contributed by atoms with van der Waals surface area (Å²) in [7, 11) is 0. The molecule has 4 aromatic carbocycles. The summed E-state index contributed by atoms with van der Waals surface area (Å²) in [5.41, 5.74) is 5.00. The molecule has 0 aliphatic heterocycles. The monoisotopic (exact) mass is 383 g/mol. The third-order valence-electron chi connectivity index (χ3n) is 5.52. The molecule has 0 radical (unpaired) electrons. The third-order valence-corrected chi connectivity index (χ3v) is 5.52. The minimum absolute atomic E-state index is 0.730. The lowest BCUT2D eigenvalue weighted by Gasteiger charge is -2.11. The smallest absolute Gasteiger partial charge is 0.161 e. The van der Waals surface area contributed by atoms with Crippen LogP contribution in [0.25, 0.3) is 55.2 Å². The van der Waals surface area contributed by atoms with E-state index >= 15 is 0 Å². The van der Waals surface area contributed by atoms with Gasteiger partial charge in [0.05, 0.1) is 16.7 Å². The number of hydrogen-bond donors (Lipinski definition) is 0. The molecule has 0 N–H and O–H groups in total. The third kappa shape index (κ3) is 2.64. The minimum Gasteiger partial charge on any atom is -0.256 e. The van der Waals surface area contributed by atoms with Gasteiger partial charge in [0.25, 0.3) is 0 Å². The predicted molar refractivity (Wildman–Crippen MR) is 123 cm³/mol. The van der Waals surface area contributed by atoms with Crippen LogP contribution < -0.4 is 0 Å². The molecule has 30 heavy (non-hydrogen) atoms. The van der Waals surface area contributed by atoms with E-state index in [0.717, 1.165) is 55.2 Å². The Morgan fingerprint density at radius 2 is 1.37 bits per heavy atom. The summed E-state index contributed by atoms with van der Waals surface area (Å²) < 4.78 is 0. The number of hydrogen-bond acceptors (Lipinski definition) is 3. The standard InChI is InChI=1S/C27H17N3/c1-2-8-18(9-3-1)26-23-11-4-5-14-24(23)29-27(30-26)22-13-6-12-21-20(22)16-15-19-10-7-17-28-25(19)21/h1-17H. The van der Waals surface area contributed by atoms with Crippen LogP contribution in [-0.4, -0.2) is 15.0 Å². The molecule has 0 saturated carbocycles. The molecule has 140 valence electrons. The molecule has 3 heteroatoms. The van der Waals surface area contributed by atoms with Crippen molar-refractivity contribution in [3.8, 4) is 22.6 Å². The van der Waals surface area contributed by atoms with Crippen LogP contribution in [0.1, 0.15) is 0 Å². The lowest BCUT2D eigenvalue weighted by atomic mass is 10.00. The molecule has 3 nitrogen and oxygen atoms in total. The molecule has 0 spiro atoms. The zero-order valence-electron chi connectivity index (χ0n) is 16.2. The highest BCUT2D eigenvalue weighted by Gasteiger charge is 2.14. The van der Waals surface area contributed by atoms with Crippen molar-refractivity contribution in [2.45, 2.75) is 0 Å². The topological polar surface area (TPSA) is 38.7 Å². The summed E-state index contributed by atoms with van der Waals surface area (Å²) >= 11 is 0. The normalized spacial score (nSPS) is 11.3. The largest absolute Gasteiger partial charge is 0.256 e. The molecule has 0 saturated heterocycles. The Bertz CT molecular complexity index is 1540. The van der Waals surface area contributed by atoms with E-state index in [4.69, 9.17) is 9.97 Å². The van der Waals surface area contributed by atoms with Gasteiger partial charge in [-0.1, -0.05) is 84.9 Å². The quantitative estimate of drug-likeness (QED) is 0.314. The highest BCUT2D eigenvalue weighted by molar-refractivity contribution is 6.10. The Balaban J connectivity index is 1.68. The number of aromatic nitrogens is 3. The van der Waals surface area contributed by atoms with Crippen LogP contribution in [0.3, 0.4) is 0 Å². The van der Waals surface area contributed by atoms with Gasteiger partial charge in [-0.05, 0) is 17.5 Å². The predicted octanol–water partition coefficient (Wildman–Crippen LogP) is 6.67. The molecular weight excluding hydrogens is 366 g/mol. The molecule has 0 aliphatic rings. The van der Waals surface area contributed by atoms with Crippen LogP contribution in [0.15, 0.2) is 103 Å². The van der Waals surface area contributed by atoms with Gasteiger partial charge in [0, 0.05) is 33.5 Å². The summed E-state index contributed by atoms with van der Waals surface area (Å²) in [5, 5.41) is 4.41. The van der Waals surface area contributed by atoms with E-state index in [0.29, 0.717) is 0 Å². The van der Waals surface area contributed by atoms with Crippen LogP contribution in [0.5, 0.6) is 0 Å². The van der Waals surface area contributed by atoms with Crippen LogP contribution in [0.2, 0.25) is 0 Å². The zero-order chi connectivity index (χ0) is 19.9. The summed E-state index contributed by atoms with van der Waals surface area (Å²) in [5.74, 6) is 0.730. The first-order valence-corrected chi connectivity index (χ1v) is 9.97. The van der Waals surface area contributed by atoms with Crippen molar-refractivity contribution in [3.63, 3.8) is 0 Å². The van der Waals surface area contributed by atoms with E-state index in [1.807, 2.05) is 42.6 Å². The average Bonchev–Trinajstić information content (AvgIpc) is 2.83. The van der Waals surface area contributed by atoms with Crippen molar-refractivity contribution in [3.05, 3.63) is 103 Å². The van der Waals surface area contributed by atoms with Crippen LogP contribution in [-0.2, 0) is 0 Å². The second kappa shape index (κ2) is 6.75. The summed E-state index contributed by atoms with van der Waals surface area (Å²) in [6.45, 7) is 0. The van der Waals surface area contributed by atoms with Crippen molar-refractivity contribution in [1.29, 1.82) is 0 Å². The summed E-state index contributed by atoms with van der Waals surface area (Å²) in [4.78, 5) is 14.6. The van der Waals surface area contributed by atoms with Crippen molar-refractivity contribution in [2.75, 3.05) is 0 Å². The fraction of sp³-hybridized carbons (Fsp3) is 0. The van der Waals surface area contributed by atoms with E-state index < -0.39 is 0 Å². The Labute approximate surface area is 173 Å². The molecule has 0 unspecified atom stereocenters. The first-order valence-electron chi connectivity index (χ1n) is 9.97. The molecule has 0 atom stereocenters. The minimum atomic E-state index is 0.730. The number of fused-ring (bicyclic) bond motifs is 4. The van der Waals surface area contributed by atoms with Gasteiger partial charge in [-0.3, -0.25) is 4.98 Å². The van der Waals surface area contributed by atoms with Gasteiger partial charge in [0.15, 0.2) is 5.82 Å². The molecule has 2 aromatic heterocycles. The second-order valence-corrected chi connectivity index (χ2v) is 7.32. The van der Waals surface area contributed by atoms with Gasteiger partial charge < -0.3 is 0 Å². The Hall–Kier alpha value is -4.11. The Morgan fingerprint density at radius 3 is 2.30 bits per heavy atom. The first-order chi connectivity index (χ1) is 14.9. The van der Waals surface area contributed by atoms with Crippen LogP contribution in [0, 0.1) is 0 Å². The van der Waals surface area contributed by atoms with Gasteiger partial charge in [0.2, 0.25) is 0 Å². The SMILES string of the molecule is c1ccc(-c2nc(-c3cccc4c3ccc3cccnc34)nc3ccccc23)cc1. The highest BCUT2D eigenvalue weighted by Crippen LogP contribution is 2.34. The van der Waals surface area contributed by atoms with Crippen molar-refractivity contribution >= 4 is 32.6 Å². The van der Waals surface area contributed by atoms with Gasteiger partial charge >= 0.3 is 0 Å². The molecular formula is C27H17N3.